The van der Waals surface area contributed by atoms with E-state index in [1.54, 1.807) is 6.07 Å². The number of fused-ring (bicyclic) bond motifs is 1. The van der Waals surface area contributed by atoms with Gasteiger partial charge < -0.3 is 10.2 Å². The van der Waals surface area contributed by atoms with Crippen LogP contribution in [0.25, 0.3) is 0 Å². The van der Waals surface area contributed by atoms with Gasteiger partial charge in [0.15, 0.2) is 0 Å². The van der Waals surface area contributed by atoms with E-state index >= 15 is 0 Å². The van der Waals surface area contributed by atoms with Gasteiger partial charge in [-0.3, -0.25) is 4.90 Å². The van der Waals surface area contributed by atoms with Crippen molar-refractivity contribution in [1.82, 2.24) is 10.2 Å². The van der Waals surface area contributed by atoms with E-state index in [0.29, 0.717) is 6.04 Å². The van der Waals surface area contributed by atoms with Crippen molar-refractivity contribution in [3.05, 3.63) is 29.6 Å². The summed E-state index contributed by atoms with van der Waals surface area (Å²) < 4.78 is 14.4. The van der Waals surface area contributed by atoms with Gasteiger partial charge in [0.2, 0.25) is 0 Å². The maximum atomic E-state index is 14.4. The molecule has 21 heavy (non-hydrogen) atoms. The summed E-state index contributed by atoms with van der Waals surface area (Å²) in [6, 6.07) is 6.10. The van der Waals surface area contributed by atoms with Crippen molar-refractivity contribution in [1.29, 1.82) is 0 Å². The average molecular weight is 291 g/mol. The molecule has 4 heteroatoms. The van der Waals surface area contributed by atoms with E-state index in [2.05, 4.69) is 28.1 Å². The van der Waals surface area contributed by atoms with Gasteiger partial charge in [0.05, 0.1) is 5.69 Å². The van der Waals surface area contributed by atoms with Gasteiger partial charge in [0, 0.05) is 32.2 Å². The molecule has 2 saturated heterocycles. The zero-order valence-electron chi connectivity index (χ0n) is 12.9. The molecule has 1 aromatic carbocycles. The van der Waals surface area contributed by atoms with Gasteiger partial charge in [0.1, 0.15) is 5.82 Å². The minimum absolute atomic E-state index is 0.0720. The summed E-state index contributed by atoms with van der Waals surface area (Å²) in [5.74, 6) is -0.0720. The van der Waals surface area contributed by atoms with E-state index in [0.717, 1.165) is 50.4 Å². The third-order valence-electron chi connectivity index (χ3n) is 4.72. The van der Waals surface area contributed by atoms with Crippen molar-refractivity contribution in [3.63, 3.8) is 0 Å². The Labute approximate surface area is 127 Å². The largest absolute Gasteiger partial charge is 0.366 e. The lowest BCUT2D eigenvalue weighted by atomic mass is 10.1. The predicted octanol–water partition coefficient (Wildman–Crippen LogP) is 2.61. The van der Waals surface area contributed by atoms with Crippen molar-refractivity contribution < 1.29 is 4.39 Å². The topological polar surface area (TPSA) is 18.5 Å². The lowest BCUT2D eigenvalue weighted by molar-refractivity contribution is 0.230. The average Bonchev–Trinajstić information content (AvgIpc) is 2.95. The maximum Gasteiger partial charge on any atom is 0.146 e. The van der Waals surface area contributed by atoms with Crippen molar-refractivity contribution in [2.45, 2.75) is 38.8 Å². The SMILES string of the molecule is CCCNCc1cccc(F)c1N1CCN2CCCC2C1. The fourth-order valence-electron chi connectivity index (χ4n) is 3.65. The molecule has 3 nitrogen and oxygen atoms in total. The first-order chi connectivity index (χ1) is 10.3. The molecule has 0 bridgehead atoms. The molecule has 3 rings (SSSR count). The molecule has 0 amide bonds. The van der Waals surface area contributed by atoms with E-state index in [-0.39, 0.29) is 5.82 Å². The van der Waals surface area contributed by atoms with Crippen molar-refractivity contribution in [2.24, 2.45) is 0 Å². The molecule has 1 unspecified atom stereocenters. The Balaban J connectivity index is 1.76. The predicted molar refractivity (Wildman–Crippen MR) is 85.2 cm³/mol. The molecule has 2 aliphatic rings. The minimum Gasteiger partial charge on any atom is -0.366 e. The highest BCUT2D eigenvalue weighted by Gasteiger charge is 2.32. The van der Waals surface area contributed by atoms with Gasteiger partial charge in [0.25, 0.3) is 0 Å². The van der Waals surface area contributed by atoms with Crippen LogP contribution in [0.5, 0.6) is 0 Å². The molecule has 0 saturated carbocycles. The number of benzene rings is 1. The van der Waals surface area contributed by atoms with Crippen LogP contribution in [0.1, 0.15) is 31.7 Å². The zero-order chi connectivity index (χ0) is 14.7. The smallest absolute Gasteiger partial charge is 0.146 e. The third-order valence-corrected chi connectivity index (χ3v) is 4.72. The van der Waals surface area contributed by atoms with Crippen LogP contribution in [0.2, 0.25) is 0 Å². The van der Waals surface area contributed by atoms with Crippen LogP contribution in [0.4, 0.5) is 10.1 Å². The second-order valence-corrected chi connectivity index (χ2v) is 6.20. The van der Waals surface area contributed by atoms with Crippen LogP contribution in [0.15, 0.2) is 18.2 Å². The van der Waals surface area contributed by atoms with E-state index in [1.807, 2.05) is 6.07 Å². The Kier molecular flexibility index (Phi) is 4.76. The fourth-order valence-corrected chi connectivity index (χ4v) is 3.65. The second-order valence-electron chi connectivity index (χ2n) is 6.20. The highest BCUT2D eigenvalue weighted by Crippen LogP contribution is 2.29. The van der Waals surface area contributed by atoms with Crippen molar-refractivity contribution in [3.8, 4) is 0 Å². The standard InChI is InChI=1S/C17H26FN3/c1-2-8-19-12-14-5-3-7-16(18)17(14)21-11-10-20-9-4-6-15(20)13-21/h3,5,7,15,19H,2,4,6,8-13H2,1H3. The van der Waals surface area contributed by atoms with Gasteiger partial charge >= 0.3 is 0 Å². The molecule has 0 radical (unpaired) electrons. The summed E-state index contributed by atoms with van der Waals surface area (Å²) in [7, 11) is 0. The number of piperazine rings is 1. The van der Waals surface area contributed by atoms with E-state index < -0.39 is 0 Å². The number of rotatable bonds is 5. The monoisotopic (exact) mass is 291 g/mol. The highest BCUT2D eigenvalue weighted by molar-refractivity contribution is 5.55. The molecule has 2 heterocycles. The molecule has 0 aromatic heterocycles. The minimum atomic E-state index is -0.0720. The molecule has 1 N–H and O–H groups in total. The molecule has 1 aromatic rings. The zero-order valence-corrected chi connectivity index (χ0v) is 12.9. The number of hydrogen-bond acceptors (Lipinski definition) is 3. The molecule has 2 aliphatic heterocycles. The van der Waals surface area contributed by atoms with Gasteiger partial charge in [-0.1, -0.05) is 19.1 Å². The lowest BCUT2D eigenvalue weighted by Crippen LogP contribution is -2.50. The van der Waals surface area contributed by atoms with Crippen LogP contribution in [0, 0.1) is 5.82 Å². The van der Waals surface area contributed by atoms with Crippen LogP contribution < -0.4 is 10.2 Å². The quantitative estimate of drug-likeness (QED) is 0.841. The molecular weight excluding hydrogens is 265 g/mol. The summed E-state index contributed by atoms with van der Waals surface area (Å²) >= 11 is 0. The number of nitrogens with zero attached hydrogens (tertiary/aromatic N) is 2. The van der Waals surface area contributed by atoms with Crippen LogP contribution in [0.3, 0.4) is 0 Å². The van der Waals surface area contributed by atoms with Gasteiger partial charge in [-0.2, -0.15) is 0 Å². The fraction of sp³-hybridized carbons (Fsp3) is 0.647. The maximum absolute atomic E-state index is 14.4. The number of para-hydroxylation sites is 1. The first-order valence-electron chi connectivity index (χ1n) is 8.26. The van der Waals surface area contributed by atoms with Crippen LogP contribution in [-0.2, 0) is 6.54 Å². The van der Waals surface area contributed by atoms with Crippen molar-refractivity contribution in [2.75, 3.05) is 37.6 Å². The Hall–Kier alpha value is -1.13. The molecule has 1 atom stereocenters. The first kappa shape index (κ1) is 14.8. The lowest BCUT2D eigenvalue weighted by Gasteiger charge is -2.39. The molecule has 116 valence electrons. The van der Waals surface area contributed by atoms with Crippen LogP contribution in [-0.4, -0.2) is 43.7 Å². The number of nitrogens with one attached hydrogen (secondary N) is 1. The molecule has 0 spiro atoms. The molecule has 2 fully saturated rings. The highest BCUT2D eigenvalue weighted by atomic mass is 19.1. The van der Waals surface area contributed by atoms with Gasteiger partial charge in [-0.15, -0.1) is 0 Å². The van der Waals surface area contributed by atoms with E-state index in [9.17, 15) is 4.39 Å². The summed E-state index contributed by atoms with van der Waals surface area (Å²) in [4.78, 5) is 4.83. The normalized spacial score (nSPS) is 22.6. The van der Waals surface area contributed by atoms with Crippen LogP contribution >= 0.6 is 0 Å². The van der Waals surface area contributed by atoms with Gasteiger partial charge in [-0.25, -0.2) is 4.39 Å². The molecule has 0 aliphatic carbocycles. The third kappa shape index (κ3) is 3.22. The Morgan fingerprint density at radius 1 is 1.29 bits per heavy atom. The Morgan fingerprint density at radius 2 is 2.19 bits per heavy atom. The van der Waals surface area contributed by atoms with E-state index in [1.165, 1.54) is 19.4 Å². The summed E-state index contributed by atoms with van der Waals surface area (Å²) in [5.41, 5.74) is 1.92. The van der Waals surface area contributed by atoms with Crippen molar-refractivity contribution >= 4 is 5.69 Å². The summed E-state index contributed by atoms with van der Waals surface area (Å²) in [6.45, 7) is 8.10. The summed E-state index contributed by atoms with van der Waals surface area (Å²) in [6.07, 6.45) is 3.65. The Bertz CT molecular complexity index is 477. The Morgan fingerprint density at radius 3 is 3.05 bits per heavy atom. The number of halogens is 1. The first-order valence-corrected chi connectivity index (χ1v) is 8.26. The molecular formula is C17H26FN3. The second kappa shape index (κ2) is 6.75. The summed E-state index contributed by atoms with van der Waals surface area (Å²) in [5, 5.41) is 3.40. The van der Waals surface area contributed by atoms with E-state index in [4.69, 9.17) is 0 Å². The number of hydrogen-bond donors (Lipinski definition) is 1. The number of anilines is 1. The van der Waals surface area contributed by atoms with Gasteiger partial charge in [-0.05, 0) is 44.0 Å².